The van der Waals surface area contributed by atoms with Crippen LogP contribution in [0.3, 0.4) is 0 Å². The summed E-state index contributed by atoms with van der Waals surface area (Å²) in [6.07, 6.45) is -0.0558. The number of rotatable bonds is 2. The second-order valence-electron chi connectivity index (χ2n) is 3.99. The molecule has 1 aromatic heterocycles. The molecule has 1 atom stereocenters. The molecular formula is C11H9Cl2N3O3. The molecule has 0 bridgehead atoms. The third-order valence-corrected chi connectivity index (χ3v) is 3.24. The van der Waals surface area contributed by atoms with Crippen molar-refractivity contribution in [1.82, 2.24) is 15.2 Å². The zero-order chi connectivity index (χ0) is 14.2. The number of aromatic nitrogens is 1. The molecule has 2 rings (SSSR count). The van der Waals surface area contributed by atoms with E-state index in [0.717, 1.165) is 4.90 Å². The van der Waals surface area contributed by atoms with Gasteiger partial charge in [-0.15, -0.1) is 0 Å². The highest BCUT2D eigenvalue weighted by molar-refractivity contribution is 6.34. The number of nitrogens with one attached hydrogen (secondary N) is 1. The van der Waals surface area contributed by atoms with E-state index in [0.29, 0.717) is 0 Å². The highest BCUT2D eigenvalue weighted by atomic mass is 35.5. The predicted octanol–water partition coefficient (Wildman–Crippen LogP) is 0.875. The minimum Gasteiger partial charge on any atom is -0.340 e. The molecule has 1 saturated heterocycles. The van der Waals surface area contributed by atoms with Crippen molar-refractivity contribution in [2.45, 2.75) is 12.5 Å². The second kappa shape index (κ2) is 5.14. The Labute approximate surface area is 118 Å². The molecule has 1 N–H and O–H groups in total. The lowest BCUT2D eigenvalue weighted by Gasteiger charge is -2.11. The van der Waals surface area contributed by atoms with Gasteiger partial charge in [-0.3, -0.25) is 19.3 Å². The van der Waals surface area contributed by atoms with Gasteiger partial charge in [0.25, 0.3) is 11.8 Å². The normalized spacial score (nSPS) is 18.9. The topological polar surface area (TPSA) is 79.4 Å². The summed E-state index contributed by atoms with van der Waals surface area (Å²) in [7, 11) is 1.37. The van der Waals surface area contributed by atoms with Crippen LogP contribution in [0, 0.1) is 0 Å². The number of hydrogen-bond donors (Lipinski definition) is 1. The van der Waals surface area contributed by atoms with Gasteiger partial charge < -0.3 is 5.32 Å². The molecule has 100 valence electrons. The number of carbonyl (C=O) groups excluding carboxylic acids is 3. The fraction of sp³-hybridized carbons (Fsp3) is 0.273. The van der Waals surface area contributed by atoms with Gasteiger partial charge in [0.15, 0.2) is 0 Å². The van der Waals surface area contributed by atoms with Gasteiger partial charge in [0.1, 0.15) is 16.3 Å². The Kier molecular flexibility index (Phi) is 3.73. The lowest BCUT2D eigenvalue weighted by molar-refractivity contribution is -0.137. The highest BCUT2D eigenvalue weighted by Gasteiger charge is 2.37. The SMILES string of the molecule is CN1C(=O)CC(NC(=O)c2ccc(Cl)nc2Cl)C1=O. The Hall–Kier alpha value is -1.66. The number of imide groups is 1. The van der Waals surface area contributed by atoms with Crippen LogP contribution in [0.4, 0.5) is 0 Å². The van der Waals surface area contributed by atoms with Crippen LogP contribution in [-0.2, 0) is 9.59 Å². The maximum atomic E-state index is 11.9. The molecule has 1 aromatic rings. The van der Waals surface area contributed by atoms with Gasteiger partial charge in [0.05, 0.1) is 12.0 Å². The van der Waals surface area contributed by atoms with Crippen molar-refractivity contribution in [2.24, 2.45) is 0 Å². The molecule has 1 fully saturated rings. The molecule has 6 nitrogen and oxygen atoms in total. The van der Waals surface area contributed by atoms with E-state index in [1.54, 1.807) is 0 Å². The predicted molar refractivity (Wildman–Crippen MR) is 67.9 cm³/mol. The van der Waals surface area contributed by atoms with Gasteiger partial charge in [0.2, 0.25) is 5.91 Å². The molecule has 0 saturated carbocycles. The maximum Gasteiger partial charge on any atom is 0.255 e. The molecule has 0 aliphatic carbocycles. The van der Waals surface area contributed by atoms with Crippen molar-refractivity contribution in [3.05, 3.63) is 28.0 Å². The summed E-state index contributed by atoms with van der Waals surface area (Å²) in [5.74, 6) is -1.36. The lowest BCUT2D eigenvalue weighted by Crippen LogP contribution is -2.40. The number of amides is 3. The zero-order valence-electron chi connectivity index (χ0n) is 9.81. The van der Waals surface area contributed by atoms with Gasteiger partial charge in [-0.1, -0.05) is 23.2 Å². The molecule has 2 heterocycles. The summed E-state index contributed by atoms with van der Waals surface area (Å²) in [5, 5.41) is 2.55. The largest absolute Gasteiger partial charge is 0.340 e. The van der Waals surface area contributed by atoms with Crippen molar-refractivity contribution in [1.29, 1.82) is 0 Å². The van der Waals surface area contributed by atoms with Gasteiger partial charge in [-0.05, 0) is 12.1 Å². The van der Waals surface area contributed by atoms with Crippen LogP contribution >= 0.6 is 23.2 Å². The highest BCUT2D eigenvalue weighted by Crippen LogP contribution is 2.18. The first kappa shape index (κ1) is 13.8. The summed E-state index contributed by atoms with van der Waals surface area (Å²) in [4.78, 5) is 39.6. The van der Waals surface area contributed by atoms with Crippen molar-refractivity contribution in [3.63, 3.8) is 0 Å². The van der Waals surface area contributed by atoms with Gasteiger partial charge >= 0.3 is 0 Å². The van der Waals surface area contributed by atoms with Crippen LogP contribution in [-0.4, -0.2) is 40.7 Å². The molecular weight excluding hydrogens is 293 g/mol. The Balaban J connectivity index is 2.14. The van der Waals surface area contributed by atoms with Crippen LogP contribution in [0.2, 0.25) is 10.3 Å². The molecule has 1 aliphatic heterocycles. The van der Waals surface area contributed by atoms with Gasteiger partial charge in [-0.2, -0.15) is 0 Å². The summed E-state index contributed by atoms with van der Waals surface area (Å²) >= 11 is 11.4. The summed E-state index contributed by atoms with van der Waals surface area (Å²) in [6, 6.07) is 1.95. The van der Waals surface area contributed by atoms with E-state index in [-0.39, 0.29) is 28.2 Å². The molecule has 1 unspecified atom stereocenters. The minimum absolute atomic E-state index is 0.0558. The summed E-state index contributed by atoms with van der Waals surface area (Å²) < 4.78 is 0. The Morgan fingerprint density at radius 3 is 2.63 bits per heavy atom. The molecule has 0 aromatic carbocycles. The van der Waals surface area contributed by atoms with Crippen LogP contribution in [0.15, 0.2) is 12.1 Å². The smallest absolute Gasteiger partial charge is 0.255 e. The standard InChI is InChI=1S/C11H9Cl2N3O3/c1-16-8(17)4-6(11(16)19)14-10(18)5-2-3-7(12)15-9(5)13/h2-3,6H,4H2,1H3,(H,14,18). The van der Waals surface area contributed by atoms with E-state index < -0.39 is 17.9 Å². The van der Waals surface area contributed by atoms with Crippen LogP contribution in [0.25, 0.3) is 0 Å². The number of carbonyl (C=O) groups is 3. The average Bonchev–Trinajstić information content (AvgIpc) is 2.57. The van der Waals surface area contributed by atoms with Gasteiger partial charge in [0, 0.05) is 7.05 Å². The van der Waals surface area contributed by atoms with Gasteiger partial charge in [-0.25, -0.2) is 4.98 Å². The zero-order valence-corrected chi connectivity index (χ0v) is 11.3. The third kappa shape index (κ3) is 2.69. The van der Waals surface area contributed by atoms with E-state index in [4.69, 9.17) is 23.2 Å². The fourth-order valence-corrected chi connectivity index (χ4v) is 2.12. The van der Waals surface area contributed by atoms with E-state index in [9.17, 15) is 14.4 Å². The molecule has 1 aliphatic rings. The van der Waals surface area contributed by atoms with Crippen molar-refractivity contribution >= 4 is 40.9 Å². The van der Waals surface area contributed by atoms with Crippen LogP contribution in [0.5, 0.6) is 0 Å². The lowest BCUT2D eigenvalue weighted by atomic mass is 10.2. The Morgan fingerprint density at radius 2 is 2.11 bits per heavy atom. The van der Waals surface area contributed by atoms with E-state index in [1.165, 1.54) is 19.2 Å². The number of halogens is 2. The number of nitrogens with zero attached hydrogens (tertiary/aromatic N) is 2. The minimum atomic E-state index is -0.864. The third-order valence-electron chi connectivity index (χ3n) is 2.75. The van der Waals surface area contributed by atoms with Crippen molar-refractivity contribution in [2.75, 3.05) is 7.05 Å². The molecule has 8 heteroatoms. The molecule has 0 radical (unpaired) electrons. The summed E-state index contributed by atoms with van der Waals surface area (Å²) in [5.41, 5.74) is 0.0980. The number of pyridine rings is 1. The monoisotopic (exact) mass is 301 g/mol. The van der Waals surface area contributed by atoms with Crippen LogP contribution in [0.1, 0.15) is 16.8 Å². The Bertz CT molecular complexity index is 576. The molecule has 0 spiro atoms. The molecule has 19 heavy (non-hydrogen) atoms. The molecule has 3 amide bonds. The quantitative estimate of drug-likeness (QED) is 0.649. The first-order valence-electron chi connectivity index (χ1n) is 5.33. The summed E-state index contributed by atoms with van der Waals surface area (Å²) in [6.45, 7) is 0. The Morgan fingerprint density at radius 1 is 1.42 bits per heavy atom. The maximum absolute atomic E-state index is 11.9. The fourth-order valence-electron chi connectivity index (χ4n) is 1.69. The van der Waals surface area contributed by atoms with E-state index in [2.05, 4.69) is 10.3 Å². The van der Waals surface area contributed by atoms with E-state index >= 15 is 0 Å². The van der Waals surface area contributed by atoms with Crippen LogP contribution < -0.4 is 5.32 Å². The average molecular weight is 302 g/mol. The van der Waals surface area contributed by atoms with E-state index in [1.807, 2.05) is 0 Å². The number of hydrogen-bond acceptors (Lipinski definition) is 4. The van der Waals surface area contributed by atoms with Crippen molar-refractivity contribution < 1.29 is 14.4 Å². The first-order chi connectivity index (χ1) is 8.90. The van der Waals surface area contributed by atoms with Crippen molar-refractivity contribution in [3.8, 4) is 0 Å². The number of likely N-dealkylation sites (N-methyl/N-ethyl adjacent to an activating group) is 1. The second-order valence-corrected chi connectivity index (χ2v) is 4.74. The first-order valence-corrected chi connectivity index (χ1v) is 6.09. The number of likely N-dealkylation sites (tertiary alicyclic amines) is 1.